The molecule has 1 fully saturated rings. The molecule has 7 heteroatoms. The van der Waals surface area contributed by atoms with E-state index in [0.717, 1.165) is 31.6 Å². The largest absolute Gasteiger partial charge is 0.355 e. The molecule has 3 rings (SSSR count). The maximum atomic E-state index is 12.4. The van der Waals surface area contributed by atoms with Gasteiger partial charge >= 0.3 is 0 Å². The van der Waals surface area contributed by atoms with Gasteiger partial charge in [0, 0.05) is 36.3 Å². The van der Waals surface area contributed by atoms with Crippen LogP contribution in [0.2, 0.25) is 5.02 Å². The second kappa shape index (κ2) is 7.63. The summed E-state index contributed by atoms with van der Waals surface area (Å²) in [6, 6.07) is 8.92. The van der Waals surface area contributed by atoms with E-state index in [0.29, 0.717) is 23.0 Å². The molecule has 2 aromatic rings. The average Bonchev–Trinajstić information content (AvgIpc) is 2.83. The number of carbonyl (C=O) groups excluding carboxylic acids is 1. The lowest BCUT2D eigenvalue weighted by Gasteiger charge is -2.17. The molecule has 1 aliphatic heterocycles. The lowest BCUT2D eigenvalue weighted by molar-refractivity contribution is 0.0756. The van der Waals surface area contributed by atoms with E-state index >= 15 is 0 Å². The minimum absolute atomic E-state index is 0. The van der Waals surface area contributed by atoms with E-state index < -0.39 is 0 Å². The number of carbonyl (C=O) groups is 1. The lowest BCUT2D eigenvalue weighted by atomic mass is 10.1. The number of benzene rings is 1. The Morgan fingerprint density at radius 2 is 2.00 bits per heavy atom. The number of hydrogen-bond donors (Lipinski definition) is 1. The van der Waals surface area contributed by atoms with Crippen molar-refractivity contribution in [3.63, 3.8) is 0 Å². The number of amides is 1. The Kier molecular flexibility index (Phi) is 5.83. The van der Waals surface area contributed by atoms with Crippen LogP contribution in [0.1, 0.15) is 16.9 Å². The van der Waals surface area contributed by atoms with E-state index in [2.05, 4.69) is 10.5 Å². The van der Waals surface area contributed by atoms with Gasteiger partial charge in [0.05, 0.1) is 0 Å². The van der Waals surface area contributed by atoms with Gasteiger partial charge in [0.1, 0.15) is 0 Å². The van der Waals surface area contributed by atoms with Crippen LogP contribution in [0.25, 0.3) is 11.3 Å². The van der Waals surface area contributed by atoms with Crippen molar-refractivity contribution < 1.29 is 9.32 Å². The Hall–Kier alpha value is -1.56. The van der Waals surface area contributed by atoms with Gasteiger partial charge in [-0.05, 0) is 37.2 Å². The molecule has 5 nitrogen and oxygen atoms in total. The smallest absolute Gasteiger partial charge is 0.276 e. The first-order chi connectivity index (χ1) is 10.2. The first kappa shape index (κ1) is 16.8. The highest BCUT2D eigenvalue weighted by Crippen LogP contribution is 2.22. The molecule has 1 aromatic heterocycles. The molecule has 0 unspecified atom stereocenters. The standard InChI is InChI=1S/C15H16ClN3O2.ClH/c16-12-4-2-11(3-5-12)14-10-13(18-21-14)15(20)19-8-1-6-17-7-9-19;/h2-5,10,17H,1,6-9H2;1H. The molecule has 0 atom stereocenters. The second-order valence-electron chi connectivity index (χ2n) is 4.98. The molecule has 0 spiro atoms. The molecule has 1 aliphatic rings. The van der Waals surface area contributed by atoms with Gasteiger partial charge in [-0.2, -0.15) is 0 Å². The Morgan fingerprint density at radius 3 is 2.77 bits per heavy atom. The number of halogens is 2. The van der Waals surface area contributed by atoms with E-state index in [4.69, 9.17) is 16.1 Å². The van der Waals surface area contributed by atoms with Gasteiger partial charge < -0.3 is 14.7 Å². The van der Waals surface area contributed by atoms with Crippen LogP contribution in [0.15, 0.2) is 34.9 Å². The third kappa shape index (κ3) is 3.80. The molecule has 22 heavy (non-hydrogen) atoms. The predicted octanol–water partition coefficient (Wildman–Crippen LogP) is 2.85. The van der Waals surface area contributed by atoms with Crippen molar-refractivity contribution in [2.75, 3.05) is 26.2 Å². The zero-order chi connectivity index (χ0) is 14.7. The van der Waals surface area contributed by atoms with Crippen LogP contribution in [0, 0.1) is 0 Å². The highest BCUT2D eigenvalue weighted by atomic mass is 35.5. The van der Waals surface area contributed by atoms with Crippen molar-refractivity contribution in [2.24, 2.45) is 0 Å². The molecular formula is C15H17Cl2N3O2. The van der Waals surface area contributed by atoms with Crippen molar-refractivity contribution in [1.29, 1.82) is 0 Å². The SMILES string of the molecule is Cl.O=C(c1cc(-c2ccc(Cl)cc2)on1)N1CCCNCC1. The van der Waals surface area contributed by atoms with Gasteiger partial charge in [-0.15, -0.1) is 12.4 Å². The first-order valence-electron chi connectivity index (χ1n) is 6.97. The fourth-order valence-electron chi connectivity index (χ4n) is 2.34. The summed E-state index contributed by atoms with van der Waals surface area (Å²) in [6.45, 7) is 3.20. The van der Waals surface area contributed by atoms with Gasteiger partial charge in [-0.25, -0.2) is 0 Å². The minimum Gasteiger partial charge on any atom is -0.355 e. The highest BCUT2D eigenvalue weighted by molar-refractivity contribution is 6.30. The Morgan fingerprint density at radius 1 is 1.23 bits per heavy atom. The Balaban J connectivity index is 0.00000176. The summed E-state index contributed by atoms with van der Waals surface area (Å²) < 4.78 is 5.28. The highest BCUT2D eigenvalue weighted by Gasteiger charge is 2.21. The van der Waals surface area contributed by atoms with Crippen LogP contribution < -0.4 is 5.32 Å². The van der Waals surface area contributed by atoms with Gasteiger partial charge in [0.25, 0.3) is 5.91 Å². The second-order valence-corrected chi connectivity index (χ2v) is 5.42. The summed E-state index contributed by atoms with van der Waals surface area (Å²) in [5.74, 6) is 0.491. The van der Waals surface area contributed by atoms with Crippen LogP contribution in [0.5, 0.6) is 0 Å². The molecule has 1 aromatic carbocycles. The summed E-state index contributed by atoms with van der Waals surface area (Å²) in [6.07, 6.45) is 0.952. The maximum absolute atomic E-state index is 12.4. The Bertz CT molecular complexity index is 620. The number of rotatable bonds is 2. The third-order valence-corrected chi connectivity index (χ3v) is 3.74. The molecule has 1 N–H and O–H groups in total. The van der Waals surface area contributed by atoms with Crippen molar-refractivity contribution >= 4 is 29.9 Å². The molecular weight excluding hydrogens is 325 g/mol. The fourth-order valence-corrected chi connectivity index (χ4v) is 2.46. The van der Waals surface area contributed by atoms with Crippen molar-refractivity contribution in [2.45, 2.75) is 6.42 Å². The molecule has 1 saturated heterocycles. The zero-order valence-electron chi connectivity index (χ0n) is 11.9. The molecule has 0 radical (unpaired) electrons. The first-order valence-corrected chi connectivity index (χ1v) is 7.34. The van der Waals surface area contributed by atoms with E-state index in [1.165, 1.54) is 0 Å². The molecule has 0 aliphatic carbocycles. The molecule has 1 amide bonds. The monoisotopic (exact) mass is 341 g/mol. The van der Waals surface area contributed by atoms with Crippen molar-refractivity contribution in [1.82, 2.24) is 15.4 Å². The predicted molar refractivity (Wildman–Crippen MR) is 87.6 cm³/mol. The van der Waals surface area contributed by atoms with Crippen LogP contribution >= 0.6 is 24.0 Å². The molecule has 0 bridgehead atoms. The van der Waals surface area contributed by atoms with Gasteiger partial charge in [-0.1, -0.05) is 16.8 Å². The van der Waals surface area contributed by atoms with Gasteiger partial charge in [-0.3, -0.25) is 4.79 Å². The Labute approximate surface area is 140 Å². The summed E-state index contributed by atoms with van der Waals surface area (Å²) in [4.78, 5) is 14.2. The maximum Gasteiger partial charge on any atom is 0.276 e. The summed E-state index contributed by atoms with van der Waals surface area (Å²) in [5.41, 5.74) is 1.20. The fraction of sp³-hybridized carbons (Fsp3) is 0.333. The van der Waals surface area contributed by atoms with Crippen LogP contribution in [-0.4, -0.2) is 42.1 Å². The van der Waals surface area contributed by atoms with Crippen LogP contribution in [-0.2, 0) is 0 Å². The molecule has 0 saturated carbocycles. The quantitative estimate of drug-likeness (QED) is 0.912. The summed E-state index contributed by atoms with van der Waals surface area (Å²) in [5, 5.41) is 7.83. The van der Waals surface area contributed by atoms with Gasteiger partial charge in [0.15, 0.2) is 11.5 Å². The topological polar surface area (TPSA) is 58.4 Å². The molecule has 118 valence electrons. The van der Waals surface area contributed by atoms with E-state index in [9.17, 15) is 4.79 Å². The number of nitrogens with one attached hydrogen (secondary N) is 1. The number of hydrogen-bond acceptors (Lipinski definition) is 4. The number of nitrogens with zero attached hydrogens (tertiary/aromatic N) is 2. The normalized spacial score (nSPS) is 15.0. The zero-order valence-corrected chi connectivity index (χ0v) is 13.5. The van der Waals surface area contributed by atoms with Crippen LogP contribution in [0.4, 0.5) is 0 Å². The van der Waals surface area contributed by atoms with Gasteiger partial charge in [0.2, 0.25) is 0 Å². The van der Waals surface area contributed by atoms with Crippen molar-refractivity contribution in [3.8, 4) is 11.3 Å². The van der Waals surface area contributed by atoms with Crippen LogP contribution in [0.3, 0.4) is 0 Å². The minimum atomic E-state index is -0.0809. The van der Waals surface area contributed by atoms with Crippen molar-refractivity contribution in [3.05, 3.63) is 41.0 Å². The van der Waals surface area contributed by atoms with E-state index in [-0.39, 0.29) is 18.3 Å². The summed E-state index contributed by atoms with van der Waals surface area (Å²) in [7, 11) is 0. The summed E-state index contributed by atoms with van der Waals surface area (Å²) >= 11 is 5.86. The lowest BCUT2D eigenvalue weighted by Crippen LogP contribution is -2.34. The third-order valence-electron chi connectivity index (χ3n) is 3.49. The average molecular weight is 342 g/mol. The molecule has 2 heterocycles. The van der Waals surface area contributed by atoms with E-state index in [1.54, 1.807) is 18.2 Å². The van der Waals surface area contributed by atoms with E-state index in [1.807, 2.05) is 17.0 Å². The number of aromatic nitrogens is 1.